The standard InChI is InChI=1S/C19H21N3O5.C2H6/c1-4-6-13(5-2)11-27-19(24)21-10-17(23)22(9-14-12-26-14)18-15(21)7-8-16(20-18)25-3;1-2/h4-8,14H,1-2,9-12H2,3H3;1-2H3/b13-6+;. The van der Waals surface area contributed by atoms with Gasteiger partial charge in [0.1, 0.15) is 13.2 Å². The summed E-state index contributed by atoms with van der Waals surface area (Å²) in [7, 11) is 1.49. The number of amides is 2. The molecule has 8 heteroatoms. The Morgan fingerprint density at radius 3 is 2.69 bits per heavy atom. The Morgan fingerprint density at radius 2 is 2.10 bits per heavy atom. The number of fused-ring (bicyclic) bond motifs is 1. The van der Waals surface area contributed by atoms with Crippen LogP contribution in [0.2, 0.25) is 0 Å². The summed E-state index contributed by atoms with van der Waals surface area (Å²) in [6, 6.07) is 3.32. The van der Waals surface area contributed by atoms with Gasteiger partial charge in [0, 0.05) is 6.07 Å². The van der Waals surface area contributed by atoms with Gasteiger partial charge in [0.05, 0.1) is 32.1 Å². The van der Waals surface area contributed by atoms with E-state index in [1.54, 1.807) is 30.4 Å². The number of pyridine rings is 1. The van der Waals surface area contributed by atoms with Gasteiger partial charge in [-0.1, -0.05) is 45.2 Å². The second-order valence-corrected chi connectivity index (χ2v) is 5.98. The molecule has 2 aliphatic heterocycles. The van der Waals surface area contributed by atoms with Gasteiger partial charge < -0.3 is 14.2 Å². The zero-order valence-corrected chi connectivity index (χ0v) is 17.1. The van der Waals surface area contributed by atoms with Crippen molar-refractivity contribution in [2.24, 2.45) is 0 Å². The van der Waals surface area contributed by atoms with Gasteiger partial charge in [-0.15, -0.1) is 0 Å². The molecule has 8 nitrogen and oxygen atoms in total. The Balaban J connectivity index is 0.00000145. The number of carbonyl (C=O) groups is 2. The molecule has 3 rings (SSSR count). The van der Waals surface area contributed by atoms with Crippen molar-refractivity contribution in [3.8, 4) is 5.88 Å². The normalized spacial score (nSPS) is 17.6. The molecule has 1 unspecified atom stereocenters. The summed E-state index contributed by atoms with van der Waals surface area (Å²) in [6.07, 6.45) is 4.20. The van der Waals surface area contributed by atoms with Gasteiger partial charge in [-0.3, -0.25) is 14.6 Å². The van der Waals surface area contributed by atoms with E-state index in [0.717, 1.165) is 0 Å². The quantitative estimate of drug-likeness (QED) is 0.516. The highest BCUT2D eigenvalue weighted by Gasteiger charge is 2.38. The van der Waals surface area contributed by atoms with Gasteiger partial charge in [-0.05, 0) is 11.6 Å². The number of anilines is 2. The Hall–Kier alpha value is -3.13. The zero-order chi connectivity index (χ0) is 21.4. The lowest BCUT2D eigenvalue weighted by Gasteiger charge is -2.34. The van der Waals surface area contributed by atoms with E-state index in [0.29, 0.717) is 36.1 Å². The summed E-state index contributed by atoms with van der Waals surface area (Å²) < 4.78 is 15.7. The molecular formula is C21H27N3O5. The number of aromatic nitrogens is 1. The molecule has 1 atom stereocenters. The molecule has 0 aliphatic carbocycles. The summed E-state index contributed by atoms with van der Waals surface area (Å²) in [6.45, 7) is 12.1. The maximum Gasteiger partial charge on any atom is 0.415 e. The number of epoxide rings is 1. The van der Waals surface area contributed by atoms with Crippen LogP contribution in [-0.4, -0.2) is 56.5 Å². The summed E-state index contributed by atoms with van der Waals surface area (Å²) in [5.74, 6) is 0.436. The molecule has 1 fully saturated rings. The van der Waals surface area contributed by atoms with Gasteiger partial charge in [0.2, 0.25) is 11.8 Å². The van der Waals surface area contributed by atoms with Crippen molar-refractivity contribution in [3.05, 3.63) is 49.1 Å². The van der Waals surface area contributed by atoms with Crippen molar-refractivity contribution in [2.45, 2.75) is 20.0 Å². The molecule has 2 amide bonds. The lowest BCUT2D eigenvalue weighted by Crippen LogP contribution is -2.50. The monoisotopic (exact) mass is 401 g/mol. The number of methoxy groups -OCH3 is 1. The highest BCUT2D eigenvalue weighted by Crippen LogP contribution is 2.35. The summed E-state index contributed by atoms with van der Waals surface area (Å²) in [4.78, 5) is 32.4. The van der Waals surface area contributed by atoms with Gasteiger partial charge in [0.15, 0.2) is 5.82 Å². The minimum absolute atomic E-state index is 0.00695. The first-order chi connectivity index (χ1) is 14.1. The van der Waals surface area contributed by atoms with E-state index < -0.39 is 6.09 Å². The molecule has 1 aromatic rings. The van der Waals surface area contributed by atoms with Gasteiger partial charge >= 0.3 is 6.09 Å². The van der Waals surface area contributed by atoms with Gasteiger partial charge in [-0.25, -0.2) is 4.79 Å². The van der Waals surface area contributed by atoms with Crippen LogP contribution in [0, 0.1) is 0 Å². The Bertz CT molecular complexity index is 802. The first-order valence-corrected chi connectivity index (χ1v) is 9.42. The average Bonchev–Trinajstić information content (AvgIpc) is 3.58. The van der Waals surface area contributed by atoms with Crippen molar-refractivity contribution in [1.82, 2.24) is 4.98 Å². The fraction of sp³-hybridized carbons (Fsp3) is 0.381. The van der Waals surface area contributed by atoms with Crippen LogP contribution in [0.1, 0.15) is 13.8 Å². The average molecular weight is 401 g/mol. The number of hydrogen-bond acceptors (Lipinski definition) is 6. The summed E-state index contributed by atoms with van der Waals surface area (Å²) >= 11 is 0. The maximum atomic E-state index is 12.6. The van der Waals surface area contributed by atoms with Crippen molar-refractivity contribution in [2.75, 3.05) is 43.2 Å². The summed E-state index contributed by atoms with van der Waals surface area (Å²) in [5.41, 5.74) is 1.18. The molecule has 0 radical (unpaired) electrons. The van der Waals surface area contributed by atoms with E-state index in [-0.39, 0.29) is 25.2 Å². The van der Waals surface area contributed by atoms with E-state index in [4.69, 9.17) is 14.2 Å². The Morgan fingerprint density at radius 1 is 1.38 bits per heavy atom. The second kappa shape index (κ2) is 10.4. The van der Waals surface area contributed by atoms with Crippen LogP contribution >= 0.6 is 0 Å². The molecule has 29 heavy (non-hydrogen) atoms. The molecule has 1 saturated heterocycles. The largest absolute Gasteiger partial charge is 0.481 e. The Kier molecular flexibility index (Phi) is 7.97. The van der Waals surface area contributed by atoms with Crippen molar-refractivity contribution < 1.29 is 23.8 Å². The van der Waals surface area contributed by atoms with E-state index >= 15 is 0 Å². The molecule has 156 valence electrons. The van der Waals surface area contributed by atoms with Crippen LogP contribution in [0.4, 0.5) is 16.3 Å². The molecule has 3 heterocycles. The zero-order valence-electron chi connectivity index (χ0n) is 17.1. The van der Waals surface area contributed by atoms with Crippen LogP contribution in [0.5, 0.6) is 5.88 Å². The van der Waals surface area contributed by atoms with E-state index in [1.165, 1.54) is 16.9 Å². The first-order valence-electron chi connectivity index (χ1n) is 9.42. The van der Waals surface area contributed by atoms with E-state index in [9.17, 15) is 9.59 Å². The third kappa shape index (κ3) is 5.45. The molecule has 0 spiro atoms. The van der Waals surface area contributed by atoms with Crippen molar-refractivity contribution in [3.63, 3.8) is 0 Å². The van der Waals surface area contributed by atoms with Crippen LogP contribution in [0.25, 0.3) is 0 Å². The lowest BCUT2D eigenvalue weighted by atomic mass is 10.2. The predicted molar refractivity (Wildman–Crippen MR) is 111 cm³/mol. The van der Waals surface area contributed by atoms with Crippen molar-refractivity contribution >= 4 is 23.5 Å². The first kappa shape index (κ1) is 22.2. The lowest BCUT2D eigenvalue weighted by molar-refractivity contribution is -0.117. The van der Waals surface area contributed by atoms with Crippen LogP contribution in [0.15, 0.2) is 49.1 Å². The van der Waals surface area contributed by atoms with E-state index in [2.05, 4.69) is 18.1 Å². The minimum Gasteiger partial charge on any atom is -0.481 e. The van der Waals surface area contributed by atoms with Gasteiger partial charge in [-0.2, -0.15) is 4.98 Å². The molecule has 1 aromatic heterocycles. The maximum absolute atomic E-state index is 12.6. The molecule has 0 bridgehead atoms. The SMILES string of the molecule is C=C/C=C(\C=C)COC(=O)N1CC(=O)N(CC2CO2)c2nc(OC)ccc21.CC. The highest BCUT2D eigenvalue weighted by molar-refractivity contribution is 6.08. The fourth-order valence-corrected chi connectivity index (χ4v) is 2.65. The molecule has 0 N–H and O–H groups in total. The molecular weight excluding hydrogens is 374 g/mol. The fourth-order valence-electron chi connectivity index (χ4n) is 2.65. The van der Waals surface area contributed by atoms with Crippen LogP contribution in [0.3, 0.4) is 0 Å². The number of ether oxygens (including phenoxy) is 3. The third-order valence-electron chi connectivity index (χ3n) is 4.14. The number of rotatable bonds is 7. The predicted octanol–water partition coefficient (Wildman–Crippen LogP) is 3.10. The molecule has 2 aliphatic rings. The van der Waals surface area contributed by atoms with Crippen molar-refractivity contribution in [1.29, 1.82) is 0 Å². The van der Waals surface area contributed by atoms with Crippen LogP contribution in [-0.2, 0) is 14.3 Å². The van der Waals surface area contributed by atoms with Crippen LogP contribution < -0.4 is 14.5 Å². The molecule has 0 aromatic carbocycles. The number of nitrogens with zero attached hydrogens (tertiary/aromatic N) is 3. The second-order valence-electron chi connectivity index (χ2n) is 5.98. The Labute approximate surface area is 171 Å². The molecule has 0 saturated carbocycles. The third-order valence-corrected chi connectivity index (χ3v) is 4.14. The minimum atomic E-state index is -0.643. The highest BCUT2D eigenvalue weighted by atomic mass is 16.6. The number of allylic oxidation sites excluding steroid dienone is 2. The number of carbonyl (C=O) groups excluding carboxylic acids is 2. The summed E-state index contributed by atoms with van der Waals surface area (Å²) in [5, 5.41) is 0. The topological polar surface area (TPSA) is 84.5 Å². The number of hydrogen-bond donors (Lipinski definition) is 0. The smallest absolute Gasteiger partial charge is 0.415 e. The van der Waals surface area contributed by atoms with Gasteiger partial charge in [0.25, 0.3) is 0 Å². The van der Waals surface area contributed by atoms with E-state index in [1.807, 2.05) is 13.8 Å².